The normalized spacial score (nSPS) is 14.0. The van der Waals surface area contributed by atoms with Crippen molar-refractivity contribution < 1.29 is 0 Å². The second kappa shape index (κ2) is 8.57. The van der Waals surface area contributed by atoms with Crippen molar-refractivity contribution in [1.82, 2.24) is 0 Å². The van der Waals surface area contributed by atoms with Crippen molar-refractivity contribution in [3.05, 3.63) is 0 Å². The number of hydrogen-bond donors (Lipinski definition) is 0. The molecule has 0 aromatic carbocycles. The molecule has 0 radical (unpaired) electrons. The molecule has 0 heterocycles. The molecule has 0 spiro atoms. The Morgan fingerprint density at radius 1 is 0.857 bits per heavy atom. The van der Waals surface area contributed by atoms with Crippen molar-refractivity contribution in [1.29, 1.82) is 10.5 Å². The quantitative estimate of drug-likeness (QED) is 0.618. The zero-order chi connectivity index (χ0) is 10.8. The first-order chi connectivity index (χ1) is 6.78. The van der Waals surface area contributed by atoms with Crippen LogP contribution >= 0.6 is 0 Å². The lowest BCUT2D eigenvalue weighted by Gasteiger charge is -2.15. The second-order valence-corrected chi connectivity index (χ2v) is 3.85. The van der Waals surface area contributed by atoms with Crippen LogP contribution in [0.2, 0.25) is 0 Å². The average molecular weight is 192 g/mol. The molecule has 0 saturated heterocycles. The second-order valence-electron chi connectivity index (χ2n) is 3.85. The van der Waals surface area contributed by atoms with Crippen LogP contribution in [0.15, 0.2) is 0 Å². The largest absolute Gasteiger partial charge is 0.198 e. The Labute approximate surface area is 87.5 Å². The predicted molar refractivity (Wildman–Crippen MR) is 57.3 cm³/mol. The molecule has 0 aliphatic heterocycles. The van der Waals surface area contributed by atoms with Crippen LogP contribution in [0.1, 0.15) is 52.4 Å². The molecular weight excluding hydrogens is 172 g/mol. The Morgan fingerprint density at radius 2 is 1.21 bits per heavy atom. The van der Waals surface area contributed by atoms with Gasteiger partial charge >= 0.3 is 0 Å². The van der Waals surface area contributed by atoms with Crippen molar-refractivity contribution >= 4 is 0 Å². The van der Waals surface area contributed by atoms with Gasteiger partial charge < -0.3 is 0 Å². The molecule has 78 valence electrons. The molecule has 2 unspecified atom stereocenters. The van der Waals surface area contributed by atoms with Gasteiger partial charge in [-0.3, -0.25) is 0 Å². The van der Waals surface area contributed by atoms with Gasteiger partial charge in [-0.05, 0) is 24.7 Å². The molecule has 0 N–H and O–H groups in total. The summed E-state index contributed by atoms with van der Waals surface area (Å²) >= 11 is 0. The number of nitrogens with zero attached hydrogens (tertiary/aromatic N) is 2. The number of nitriles is 2. The predicted octanol–water partition coefficient (Wildman–Crippen LogP) is 3.65. The molecule has 0 rings (SSSR count). The van der Waals surface area contributed by atoms with E-state index in [1.807, 2.05) is 0 Å². The van der Waals surface area contributed by atoms with E-state index in [-0.39, 0.29) is 0 Å². The summed E-state index contributed by atoms with van der Waals surface area (Å²) in [7, 11) is 0. The van der Waals surface area contributed by atoms with Crippen LogP contribution in [0.3, 0.4) is 0 Å². The van der Waals surface area contributed by atoms with Crippen LogP contribution in [0, 0.1) is 34.5 Å². The summed E-state index contributed by atoms with van der Waals surface area (Å²) in [6, 6.07) is 4.45. The van der Waals surface area contributed by atoms with E-state index in [0.717, 1.165) is 25.7 Å². The molecule has 0 aromatic rings. The summed E-state index contributed by atoms with van der Waals surface area (Å²) < 4.78 is 0. The van der Waals surface area contributed by atoms with Gasteiger partial charge in [-0.15, -0.1) is 0 Å². The summed E-state index contributed by atoms with van der Waals surface area (Å²) in [5, 5.41) is 17.2. The third-order valence-corrected chi connectivity index (χ3v) is 2.90. The van der Waals surface area contributed by atoms with Gasteiger partial charge in [0, 0.05) is 12.8 Å². The van der Waals surface area contributed by atoms with Crippen molar-refractivity contribution in [3.63, 3.8) is 0 Å². The summed E-state index contributed by atoms with van der Waals surface area (Å²) in [5.41, 5.74) is 0. The van der Waals surface area contributed by atoms with E-state index < -0.39 is 0 Å². The van der Waals surface area contributed by atoms with Gasteiger partial charge in [0.15, 0.2) is 0 Å². The summed E-state index contributed by atoms with van der Waals surface area (Å²) in [4.78, 5) is 0. The molecule has 0 aromatic heterocycles. The molecular formula is C12H20N2. The molecule has 0 aliphatic rings. The van der Waals surface area contributed by atoms with Crippen molar-refractivity contribution in [3.8, 4) is 12.1 Å². The van der Waals surface area contributed by atoms with Crippen LogP contribution in [-0.4, -0.2) is 0 Å². The van der Waals surface area contributed by atoms with Gasteiger partial charge in [0.25, 0.3) is 0 Å². The van der Waals surface area contributed by atoms with Gasteiger partial charge in [-0.25, -0.2) is 0 Å². The summed E-state index contributed by atoms with van der Waals surface area (Å²) in [6.45, 7) is 4.26. The van der Waals surface area contributed by atoms with E-state index >= 15 is 0 Å². The van der Waals surface area contributed by atoms with Gasteiger partial charge in [0.2, 0.25) is 0 Å². The first-order valence-electron chi connectivity index (χ1n) is 5.52. The van der Waals surface area contributed by atoms with Crippen molar-refractivity contribution in [2.75, 3.05) is 0 Å². The van der Waals surface area contributed by atoms with Gasteiger partial charge in [0.1, 0.15) is 0 Å². The van der Waals surface area contributed by atoms with Crippen LogP contribution in [-0.2, 0) is 0 Å². The minimum absolute atomic E-state index is 0.535. The lowest BCUT2D eigenvalue weighted by molar-refractivity contribution is 0.384. The molecule has 14 heavy (non-hydrogen) atoms. The highest BCUT2D eigenvalue weighted by atomic mass is 14.3. The summed E-state index contributed by atoms with van der Waals surface area (Å²) in [5.74, 6) is 1.07. The van der Waals surface area contributed by atoms with Gasteiger partial charge in [-0.2, -0.15) is 10.5 Å². The van der Waals surface area contributed by atoms with E-state index in [9.17, 15) is 0 Å². The lowest BCUT2D eigenvalue weighted by Crippen LogP contribution is -2.03. The fourth-order valence-corrected chi connectivity index (χ4v) is 1.63. The SMILES string of the molecule is CCC(CC#N)CCC(CC)CC#N. The molecule has 2 nitrogen and oxygen atoms in total. The van der Waals surface area contributed by atoms with Crippen LogP contribution in [0.5, 0.6) is 0 Å². The molecule has 0 bridgehead atoms. The highest BCUT2D eigenvalue weighted by Gasteiger charge is 2.10. The fourth-order valence-electron chi connectivity index (χ4n) is 1.63. The van der Waals surface area contributed by atoms with E-state index in [1.54, 1.807) is 0 Å². The monoisotopic (exact) mass is 192 g/mol. The van der Waals surface area contributed by atoms with E-state index in [2.05, 4.69) is 26.0 Å². The molecule has 0 aliphatic carbocycles. The molecule has 0 amide bonds. The minimum Gasteiger partial charge on any atom is -0.198 e. The Hall–Kier alpha value is -1.02. The highest BCUT2D eigenvalue weighted by molar-refractivity contribution is 4.78. The fraction of sp³-hybridized carbons (Fsp3) is 0.833. The Morgan fingerprint density at radius 3 is 1.43 bits per heavy atom. The third-order valence-electron chi connectivity index (χ3n) is 2.90. The highest BCUT2D eigenvalue weighted by Crippen LogP contribution is 2.22. The van der Waals surface area contributed by atoms with Crippen LogP contribution < -0.4 is 0 Å². The standard InChI is InChI=1S/C12H20N2/c1-3-11(7-9-13)5-6-12(4-2)8-10-14/h11-12H,3-8H2,1-2H3. The number of hydrogen-bond acceptors (Lipinski definition) is 2. The van der Waals surface area contributed by atoms with Crippen LogP contribution in [0.4, 0.5) is 0 Å². The molecule has 0 saturated carbocycles. The summed E-state index contributed by atoms with van der Waals surface area (Å²) in [6.07, 6.45) is 5.70. The molecule has 2 heteroatoms. The maximum Gasteiger partial charge on any atom is 0.0624 e. The van der Waals surface area contributed by atoms with Gasteiger partial charge in [-0.1, -0.05) is 26.7 Å². The zero-order valence-electron chi connectivity index (χ0n) is 9.29. The van der Waals surface area contributed by atoms with E-state index in [4.69, 9.17) is 10.5 Å². The lowest BCUT2D eigenvalue weighted by atomic mass is 9.89. The Balaban J connectivity index is 3.77. The molecule has 0 fully saturated rings. The number of rotatable bonds is 7. The van der Waals surface area contributed by atoms with Crippen LogP contribution in [0.25, 0.3) is 0 Å². The van der Waals surface area contributed by atoms with Crippen molar-refractivity contribution in [2.45, 2.75) is 52.4 Å². The van der Waals surface area contributed by atoms with Crippen molar-refractivity contribution in [2.24, 2.45) is 11.8 Å². The van der Waals surface area contributed by atoms with Gasteiger partial charge in [0.05, 0.1) is 12.1 Å². The molecule has 2 atom stereocenters. The first kappa shape index (κ1) is 13.0. The first-order valence-corrected chi connectivity index (χ1v) is 5.52. The smallest absolute Gasteiger partial charge is 0.0624 e. The Bertz CT molecular complexity index is 185. The Kier molecular flexibility index (Phi) is 7.95. The zero-order valence-corrected chi connectivity index (χ0v) is 9.29. The third kappa shape index (κ3) is 5.60. The maximum atomic E-state index is 8.59. The maximum absolute atomic E-state index is 8.59. The minimum atomic E-state index is 0.535. The van der Waals surface area contributed by atoms with E-state index in [0.29, 0.717) is 24.7 Å². The van der Waals surface area contributed by atoms with E-state index in [1.165, 1.54) is 0 Å². The average Bonchev–Trinajstić information content (AvgIpc) is 2.22. The topological polar surface area (TPSA) is 47.6 Å².